The fourth-order valence-corrected chi connectivity index (χ4v) is 4.81. The van der Waals surface area contributed by atoms with Gasteiger partial charge in [-0.15, -0.1) is 0 Å². The van der Waals surface area contributed by atoms with Crippen molar-refractivity contribution in [3.8, 4) is 0 Å². The zero-order valence-electron chi connectivity index (χ0n) is 29.0. The molecule has 10 heteroatoms. The minimum absolute atomic E-state index is 0.264. The van der Waals surface area contributed by atoms with Gasteiger partial charge >= 0.3 is 11.9 Å². The number of esters is 2. The topological polar surface area (TPSA) is 142 Å². The number of benzene rings is 4. The molecule has 264 valence electrons. The standard InChI is InChI=1S/C41H44N4O6/c1-3-5-31-7-11-33(12-8-31)23-42-44-25-35-15-19-37(20-16-35)39(48)50-29-41(27-46,28-47)30-51-40(49)38-21-17-36(18-22-38)26-45-43-24-34-13-9-32(6-4-2)10-14-34/h7-26,46-47H,3-6,27-30H2,1-2H3/b42-23+,43-24+,44-25+,45-26+. The molecule has 0 saturated heterocycles. The van der Waals surface area contributed by atoms with E-state index >= 15 is 0 Å². The van der Waals surface area contributed by atoms with Crippen molar-refractivity contribution < 1.29 is 29.3 Å². The monoisotopic (exact) mass is 688 g/mol. The first-order valence-corrected chi connectivity index (χ1v) is 16.9. The summed E-state index contributed by atoms with van der Waals surface area (Å²) < 4.78 is 10.8. The van der Waals surface area contributed by atoms with Gasteiger partial charge in [-0.25, -0.2) is 9.59 Å². The molecule has 0 aliphatic rings. The highest BCUT2D eigenvalue weighted by Crippen LogP contribution is 2.20. The van der Waals surface area contributed by atoms with Crippen LogP contribution in [0.1, 0.15) is 80.8 Å². The van der Waals surface area contributed by atoms with Crippen LogP contribution >= 0.6 is 0 Å². The normalized spacial score (nSPS) is 12.0. The number of hydrogen-bond acceptors (Lipinski definition) is 10. The van der Waals surface area contributed by atoms with Crippen molar-refractivity contribution in [1.82, 2.24) is 0 Å². The van der Waals surface area contributed by atoms with Crippen LogP contribution in [-0.4, -0.2) is 73.4 Å². The predicted molar refractivity (Wildman–Crippen MR) is 201 cm³/mol. The van der Waals surface area contributed by atoms with Crippen LogP contribution < -0.4 is 0 Å². The maximum atomic E-state index is 12.7. The summed E-state index contributed by atoms with van der Waals surface area (Å²) in [5.41, 5.74) is 5.05. The molecule has 0 radical (unpaired) electrons. The van der Waals surface area contributed by atoms with Crippen molar-refractivity contribution in [3.05, 3.63) is 142 Å². The zero-order chi connectivity index (χ0) is 36.3. The molecule has 4 aromatic carbocycles. The highest BCUT2D eigenvalue weighted by atomic mass is 16.6. The Bertz CT molecular complexity index is 1660. The van der Waals surface area contributed by atoms with Gasteiger partial charge in [-0.05, 0) is 70.5 Å². The molecule has 4 rings (SSSR count). The first kappa shape index (κ1) is 38.2. The number of aliphatic hydroxyl groups excluding tert-OH is 2. The molecule has 4 aromatic rings. The Kier molecular flexibility index (Phi) is 15.1. The van der Waals surface area contributed by atoms with Crippen LogP contribution in [-0.2, 0) is 22.3 Å². The molecular weight excluding hydrogens is 644 g/mol. The van der Waals surface area contributed by atoms with Crippen LogP contribution in [0.4, 0.5) is 0 Å². The number of hydrogen-bond donors (Lipinski definition) is 2. The maximum absolute atomic E-state index is 12.7. The SMILES string of the molecule is CCCc1ccc(/C=N/N=C/c2ccc(C(=O)OCC(CO)(CO)COC(=O)c3ccc(/C=N/N=C/c4ccc(CCC)cc4)cc3)cc2)cc1. The Morgan fingerprint density at radius 1 is 0.529 bits per heavy atom. The predicted octanol–water partition coefficient (Wildman–Crippen LogP) is 6.48. The van der Waals surface area contributed by atoms with Crippen LogP contribution in [0.25, 0.3) is 0 Å². The molecule has 51 heavy (non-hydrogen) atoms. The summed E-state index contributed by atoms with van der Waals surface area (Å²) in [5.74, 6) is -1.32. The second-order valence-electron chi connectivity index (χ2n) is 12.2. The average Bonchev–Trinajstić information content (AvgIpc) is 3.17. The highest BCUT2D eigenvalue weighted by molar-refractivity contribution is 5.92. The van der Waals surface area contributed by atoms with E-state index in [2.05, 4.69) is 58.5 Å². The van der Waals surface area contributed by atoms with E-state index in [1.807, 2.05) is 24.3 Å². The number of carbonyl (C=O) groups is 2. The van der Waals surface area contributed by atoms with Gasteiger partial charge in [0, 0.05) is 0 Å². The van der Waals surface area contributed by atoms with Crippen molar-refractivity contribution in [1.29, 1.82) is 0 Å². The molecule has 0 aliphatic heterocycles. The van der Waals surface area contributed by atoms with E-state index in [9.17, 15) is 19.8 Å². The maximum Gasteiger partial charge on any atom is 0.338 e. The van der Waals surface area contributed by atoms with Gasteiger partial charge in [0.25, 0.3) is 0 Å². The first-order chi connectivity index (χ1) is 24.9. The average molecular weight is 689 g/mol. The molecule has 0 unspecified atom stereocenters. The summed E-state index contributed by atoms with van der Waals surface area (Å²) in [5, 5.41) is 36.4. The van der Waals surface area contributed by atoms with Gasteiger partial charge in [-0.1, -0.05) is 99.5 Å². The van der Waals surface area contributed by atoms with E-state index < -0.39 is 30.6 Å². The molecule has 0 spiro atoms. The molecular formula is C41H44N4O6. The second-order valence-corrected chi connectivity index (χ2v) is 12.2. The van der Waals surface area contributed by atoms with Gasteiger partial charge in [-0.2, -0.15) is 20.4 Å². The van der Waals surface area contributed by atoms with Crippen LogP contribution in [0.2, 0.25) is 0 Å². The fraction of sp³-hybridized carbons (Fsp3) is 0.268. The Balaban J connectivity index is 1.23. The van der Waals surface area contributed by atoms with E-state index in [0.29, 0.717) is 0 Å². The molecule has 0 aliphatic carbocycles. The van der Waals surface area contributed by atoms with Gasteiger partial charge in [0.05, 0.1) is 54.6 Å². The molecule has 0 fully saturated rings. The van der Waals surface area contributed by atoms with Crippen molar-refractivity contribution in [2.45, 2.75) is 39.5 Å². The number of carbonyl (C=O) groups excluding carboxylic acids is 2. The summed E-state index contributed by atoms with van der Waals surface area (Å²) in [6.45, 7) is 2.38. The van der Waals surface area contributed by atoms with Crippen LogP contribution in [0.15, 0.2) is 117 Å². The first-order valence-electron chi connectivity index (χ1n) is 16.9. The fourth-order valence-electron chi connectivity index (χ4n) is 4.81. The summed E-state index contributed by atoms with van der Waals surface area (Å²) in [6, 6.07) is 29.4. The van der Waals surface area contributed by atoms with Gasteiger partial charge in [-0.3, -0.25) is 0 Å². The lowest BCUT2D eigenvalue weighted by atomic mass is 9.92. The third kappa shape index (κ3) is 12.4. The summed E-state index contributed by atoms with van der Waals surface area (Å²) in [7, 11) is 0. The summed E-state index contributed by atoms with van der Waals surface area (Å²) in [6.07, 6.45) is 10.7. The summed E-state index contributed by atoms with van der Waals surface area (Å²) in [4.78, 5) is 25.5. The van der Waals surface area contributed by atoms with E-state index in [-0.39, 0.29) is 24.3 Å². The Labute approximate surface area is 298 Å². The van der Waals surface area contributed by atoms with Crippen LogP contribution in [0.5, 0.6) is 0 Å². The van der Waals surface area contributed by atoms with E-state index in [4.69, 9.17) is 9.47 Å². The Morgan fingerprint density at radius 3 is 1.10 bits per heavy atom. The van der Waals surface area contributed by atoms with Crippen molar-refractivity contribution in [2.75, 3.05) is 26.4 Å². The highest BCUT2D eigenvalue weighted by Gasteiger charge is 2.33. The number of rotatable bonds is 18. The van der Waals surface area contributed by atoms with Gasteiger partial charge in [0.1, 0.15) is 13.2 Å². The van der Waals surface area contributed by atoms with Crippen molar-refractivity contribution >= 4 is 36.8 Å². The minimum atomic E-state index is -1.40. The van der Waals surface area contributed by atoms with Crippen molar-refractivity contribution in [2.24, 2.45) is 25.8 Å². The quantitative estimate of drug-likeness (QED) is 0.0696. The van der Waals surface area contributed by atoms with E-state index in [1.165, 1.54) is 11.1 Å². The lowest BCUT2D eigenvalue weighted by Gasteiger charge is -2.28. The number of nitrogens with zero attached hydrogens (tertiary/aromatic N) is 4. The number of aryl methyl sites for hydroxylation is 2. The van der Waals surface area contributed by atoms with Crippen LogP contribution in [0, 0.1) is 5.41 Å². The molecule has 2 N–H and O–H groups in total. The number of aliphatic hydroxyl groups is 2. The van der Waals surface area contributed by atoms with E-state index in [0.717, 1.165) is 47.9 Å². The van der Waals surface area contributed by atoms with E-state index in [1.54, 1.807) is 73.4 Å². The molecule has 0 saturated carbocycles. The molecule has 0 amide bonds. The number of ether oxygens (including phenoxy) is 2. The largest absolute Gasteiger partial charge is 0.461 e. The second kappa shape index (κ2) is 20.2. The third-order valence-corrected chi connectivity index (χ3v) is 7.98. The molecule has 0 heterocycles. The smallest absolute Gasteiger partial charge is 0.338 e. The Morgan fingerprint density at radius 2 is 0.824 bits per heavy atom. The molecule has 0 atom stereocenters. The zero-order valence-corrected chi connectivity index (χ0v) is 29.0. The van der Waals surface area contributed by atoms with Crippen LogP contribution in [0.3, 0.4) is 0 Å². The van der Waals surface area contributed by atoms with Crippen molar-refractivity contribution in [3.63, 3.8) is 0 Å². The van der Waals surface area contributed by atoms with Gasteiger partial charge < -0.3 is 19.7 Å². The van der Waals surface area contributed by atoms with Gasteiger partial charge in [0.2, 0.25) is 0 Å². The minimum Gasteiger partial charge on any atom is -0.461 e. The molecule has 0 aromatic heterocycles. The summed E-state index contributed by atoms with van der Waals surface area (Å²) >= 11 is 0. The lowest BCUT2D eigenvalue weighted by Crippen LogP contribution is -2.41. The third-order valence-electron chi connectivity index (χ3n) is 7.98. The lowest BCUT2D eigenvalue weighted by molar-refractivity contribution is -0.0522. The Hall–Kier alpha value is -5.58. The molecule has 0 bridgehead atoms. The van der Waals surface area contributed by atoms with Gasteiger partial charge in [0.15, 0.2) is 0 Å². The molecule has 10 nitrogen and oxygen atoms in total.